The van der Waals surface area contributed by atoms with E-state index in [0.29, 0.717) is 13.1 Å². The van der Waals surface area contributed by atoms with Gasteiger partial charge in [0, 0.05) is 37.6 Å². The highest BCUT2D eigenvalue weighted by atomic mass is 35.5. The molecule has 2 rings (SSSR count). The van der Waals surface area contributed by atoms with Crippen LogP contribution in [0.15, 0.2) is 41.8 Å². The fourth-order valence-electron chi connectivity index (χ4n) is 2.18. The highest BCUT2D eigenvalue weighted by Crippen LogP contribution is 2.23. The number of nitrogens with zero attached hydrogens (tertiary/aromatic N) is 2. The molecule has 0 bridgehead atoms. The average molecular weight is 342 g/mol. The molecule has 2 aromatic rings. The first-order chi connectivity index (χ1) is 10.2. The number of nitrogens with two attached hydrogens (primary N) is 1. The van der Waals surface area contributed by atoms with E-state index in [1.54, 1.807) is 6.07 Å². The predicted molar refractivity (Wildman–Crippen MR) is 92.7 cm³/mol. The van der Waals surface area contributed by atoms with Gasteiger partial charge in [0.2, 0.25) is 0 Å². The van der Waals surface area contributed by atoms with Gasteiger partial charge in [-0.05, 0) is 17.5 Å². The first-order valence-corrected chi connectivity index (χ1v) is 7.75. The molecular weight excluding hydrogens is 322 g/mol. The van der Waals surface area contributed by atoms with Crippen molar-refractivity contribution in [3.63, 3.8) is 0 Å². The van der Waals surface area contributed by atoms with Gasteiger partial charge in [-0.1, -0.05) is 41.7 Å². The van der Waals surface area contributed by atoms with Crippen LogP contribution in [-0.2, 0) is 13.0 Å². The molecule has 1 heterocycles. The van der Waals surface area contributed by atoms with Gasteiger partial charge < -0.3 is 5.73 Å². The summed E-state index contributed by atoms with van der Waals surface area (Å²) in [5, 5.41) is 12.8. The lowest BCUT2D eigenvalue weighted by Crippen LogP contribution is -2.30. The molecule has 0 spiro atoms. The van der Waals surface area contributed by atoms with Crippen LogP contribution < -0.4 is 5.73 Å². The predicted octanol–water partition coefficient (Wildman–Crippen LogP) is 3.08. The third-order valence-electron chi connectivity index (χ3n) is 3.23. The second-order valence-corrected chi connectivity index (χ2v) is 5.74. The van der Waals surface area contributed by atoms with Gasteiger partial charge in [0.1, 0.15) is 0 Å². The maximum atomic E-state index is 10.7. The molecule has 0 aliphatic rings. The lowest BCUT2D eigenvalue weighted by molar-refractivity contribution is -0.380. The first-order valence-electron chi connectivity index (χ1n) is 6.87. The van der Waals surface area contributed by atoms with E-state index in [-0.39, 0.29) is 22.3 Å². The van der Waals surface area contributed by atoms with Crippen molar-refractivity contribution in [1.29, 1.82) is 0 Å². The van der Waals surface area contributed by atoms with Crippen molar-refractivity contribution < 1.29 is 4.92 Å². The lowest BCUT2D eigenvalue weighted by Gasteiger charge is -2.20. The van der Waals surface area contributed by atoms with Gasteiger partial charge in [0.15, 0.2) is 0 Å². The van der Waals surface area contributed by atoms with Crippen molar-refractivity contribution in [2.24, 2.45) is 5.73 Å². The minimum absolute atomic E-state index is 0. The second kappa shape index (κ2) is 9.53. The minimum atomic E-state index is -0.342. The summed E-state index contributed by atoms with van der Waals surface area (Å²) in [6, 6.07) is 11.9. The highest BCUT2D eigenvalue weighted by Gasteiger charge is 2.12. The summed E-state index contributed by atoms with van der Waals surface area (Å²) < 4.78 is 0. The maximum Gasteiger partial charge on any atom is 0.324 e. The summed E-state index contributed by atoms with van der Waals surface area (Å²) in [4.78, 5) is 12.6. The molecule has 0 radical (unpaired) electrons. The van der Waals surface area contributed by atoms with Crippen LogP contribution in [0.25, 0.3) is 0 Å². The molecule has 0 aliphatic heterocycles. The molecule has 0 saturated carbocycles. The summed E-state index contributed by atoms with van der Waals surface area (Å²) in [6.07, 6.45) is 0.951. The van der Waals surface area contributed by atoms with Gasteiger partial charge in [0.05, 0.1) is 4.92 Å². The molecule has 22 heavy (non-hydrogen) atoms. The number of halogens is 1. The van der Waals surface area contributed by atoms with E-state index in [9.17, 15) is 10.1 Å². The number of hydrogen-bond acceptors (Lipinski definition) is 5. The van der Waals surface area contributed by atoms with Crippen LogP contribution in [0.4, 0.5) is 5.00 Å². The summed E-state index contributed by atoms with van der Waals surface area (Å²) in [5.41, 5.74) is 7.93. The van der Waals surface area contributed by atoms with Crippen molar-refractivity contribution in [1.82, 2.24) is 4.90 Å². The maximum absolute atomic E-state index is 10.7. The zero-order valence-electron chi connectivity index (χ0n) is 12.2. The zero-order chi connectivity index (χ0) is 15.1. The first kappa shape index (κ1) is 18.6. The minimum Gasteiger partial charge on any atom is -0.329 e. The second-order valence-electron chi connectivity index (χ2n) is 4.85. The van der Waals surface area contributed by atoms with Gasteiger partial charge in [0.25, 0.3) is 0 Å². The van der Waals surface area contributed by atoms with Crippen LogP contribution in [0.2, 0.25) is 0 Å². The molecule has 120 valence electrons. The monoisotopic (exact) mass is 341 g/mol. The van der Waals surface area contributed by atoms with E-state index in [4.69, 9.17) is 5.73 Å². The van der Waals surface area contributed by atoms with E-state index in [0.717, 1.165) is 25.1 Å². The Morgan fingerprint density at radius 2 is 1.91 bits per heavy atom. The van der Waals surface area contributed by atoms with E-state index in [1.165, 1.54) is 16.9 Å². The Balaban J connectivity index is 0.00000242. The quantitative estimate of drug-likeness (QED) is 0.591. The number of hydrogen-bond donors (Lipinski definition) is 1. The van der Waals surface area contributed by atoms with Gasteiger partial charge in [-0.3, -0.25) is 15.0 Å². The van der Waals surface area contributed by atoms with Crippen LogP contribution in [0.1, 0.15) is 11.1 Å². The van der Waals surface area contributed by atoms with Gasteiger partial charge >= 0.3 is 5.00 Å². The van der Waals surface area contributed by atoms with Gasteiger partial charge in [-0.2, -0.15) is 0 Å². The van der Waals surface area contributed by atoms with Gasteiger partial charge in [-0.25, -0.2) is 0 Å². The Labute approximate surface area is 140 Å². The van der Waals surface area contributed by atoms with Crippen molar-refractivity contribution >= 4 is 28.7 Å². The van der Waals surface area contributed by atoms with Crippen LogP contribution in [-0.4, -0.2) is 29.5 Å². The van der Waals surface area contributed by atoms with E-state index >= 15 is 0 Å². The number of nitro groups is 1. The zero-order valence-corrected chi connectivity index (χ0v) is 13.8. The fraction of sp³-hybridized carbons (Fsp3) is 0.333. The summed E-state index contributed by atoms with van der Waals surface area (Å²) >= 11 is 1.18. The molecule has 7 heteroatoms. The highest BCUT2D eigenvalue weighted by molar-refractivity contribution is 7.13. The van der Waals surface area contributed by atoms with Crippen molar-refractivity contribution in [2.75, 3.05) is 19.6 Å². The van der Waals surface area contributed by atoms with E-state index in [1.807, 2.05) is 23.6 Å². The van der Waals surface area contributed by atoms with Crippen molar-refractivity contribution in [3.05, 3.63) is 63.0 Å². The number of thiophene rings is 1. The van der Waals surface area contributed by atoms with Crippen molar-refractivity contribution in [3.8, 4) is 0 Å². The molecule has 5 nitrogen and oxygen atoms in total. The largest absolute Gasteiger partial charge is 0.329 e. The smallest absolute Gasteiger partial charge is 0.324 e. The molecule has 0 amide bonds. The Morgan fingerprint density at radius 3 is 2.50 bits per heavy atom. The van der Waals surface area contributed by atoms with Crippen LogP contribution in [0, 0.1) is 10.1 Å². The van der Waals surface area contributed by atoms with Gasteiger partial charge in [-0.15, -0.1) is 12.4 Å². The summed E-state index contributed by atoms with van der Waals surface area (Å²) in [7, 11) is 0. The molecular formula is C15H20ClN3O2S. The number of rotatable bonds is 8. The van der Waals surface area contributed by atoms with Crippen LogP contribution in [0.3, 0.4) is 0 Å². The summed E-state index contributed by atoms with van der Waals surface area (Å²) in [6.45, 7) is 2.97. The topological polar surface area (TPSA) is 72.4 Å². The molecule has 0 atom stereocenters. The normalized spacial score (nSPS) is 10.5. The third kappa shape index (κ3) is 5.73. The molecule has 0 unspecified atom stereocenters. The Morgan fingerprint density at radius 1 is 1.18 bits per heavy atom. The van der Waals surface area contributed by atoms with E-state index < -0.39 is 0 Å². The Kier molecular flexibility index (Phi) is 8.05. The van der Waals surface area contributed by atoms with Crippen LogP contribution in [0.5, 0.6) is 0 Å². The Bertz CT molecular complexity index is 577. The molecule has 1 aromatic carbocycles. The lowest BCUT2D eigenvalue weighted by atomic mass is 10.1. The molecule has 2 N–H and O–H groups in total. The van der Waals surface area contributed by atoms with Crippen LogP contribution >= 0.6 is 23.7 Å². The molecule has 1 aromatic heterocycles. The fourth-order valence-corrected chi connectivity index (χ4v) is 2.90. The molecule has 0 aliphatic carbocycles. The van der Waals surface area contributed by atoms with Crippen molar-refractivity contribution in [2.45, 2.75) is 13.0 Å². The van der Waals surface area contributed by atoms with E-state index in [2.05, 4.69) is 17.0 Å². The third-order valence-corrected chi connectivity index (χ3v) is 4.16. The Hall–Kier alpha value is -1.47. The standard InChI is InChI=1S/C15H19N3O2S.ClH/c16-7-9-17(8-6-13-4-2-1-3-5-13)11-14-10-15(18(19)20)21-12-14;/h1-5,10,12H,6-9,11,16H2;1H. The SMILES string of the molecule is Cl.NCCN(CCc1ccccc1)Cc1csc([N+](=O)[O-])c1. The molecule has 0 saturated heterocycles. The number of benzene rings is 1. The average Bonchev–Trinajstić information content (AvgIpc) is 2.95. The summed E-state index contributed by atoms with van der Waals surface area (Å²) in [5.74, 6) is 0. The molecule has 0 fully saturated rings.